The van der Waals surface area contributed by atoms with Crippen molar-refractivity contribution in [1.82, 2.24) is 9.88 Å². The van der Waals surface area contributed by atoms with Crippen molar-refractivity contribution in [2.45, 2.75) is 19.3 Å². The van der Waals surface area contributed by atoms with Crippen LogP contribution in [0.3, 0.4) is 0 Å². The summed E-state index contributed by atoms with van der Waals surface area (Å²) in [6.45, 7) is 3.93. The van der Waals surface area contributed by atoms with Crippen molar-refractivity contribution in [2.24, 2.45) is 5.73 Å². The molecule has 0 amide bonds. The van der Waals surface area contributed by atoms with E-state index in [1.54, 1.807) is 12.1 Å². The maximum atomic E-state index is 13.4. The number of nitrogens with one attached hydrogen (secondary N) is 1. The molecule has 0 saturated carbocycles. The van der Waals surface area contributed by atoms with Gasteiger partial charge in [-0.05, 0) is 56.1 Å². The van der Waals surface area contributed by atoms with Crippen molar-refractivity contribution < 1.29 is 4.39 Å². The fourth-order valence-electron chi connectivity index (χ4n) is 3.00. The van der Waals surface area contributed by atoms with Crippen LogP contribution in [0.1, 0.15) is 24.8 Å². The van der Waals surface area contributed by atoms with E-state index in [2.05, 4.69) is 16.0 Å². The van der Waals surface area contributed by atoms with Gasteiger partial charge < -0.3 is 10.7 Å². The van der Waals surface area contributed by atoms with Gasteiger partial charge in [0.15, 0.2) is 0 Å². The molecule has 1 aromatic heterocycles. The average molecular weight is 287 g/mol. The zero-order chi connectivity index (χ0) is 14.7. The van der Waals surface area contributed by atoms with Gasteiger partial charge in [0.25, 0.3) is 0 Å². The Kier molecular flexibility index (Phi) is 4.36. The molecule has 1 aliphatic heterocycles. The van der Waals surface area contributed by atoms with Gasteiger partial charge in [-0.15, -0.1) is 0 Å². The summed E-state index contributed by atoms with van der Waals surface area (Å²) in [5, 5.41) is 0.984. The molecule has 1 aliphatic rings. The molecule has 0 bridgehead atoms. The normalized spacial score (nSPS) is 16.4. The number of fused-ring (bicyclic) bond motifs is 1. The topological polar surface area (TPSA) is 45.0 Å². The monoisotopic (exact) mass is 287 g/mol. The maximum absolute atomic E-state index is 13.4. The van der Waals surface area contributed by atoms with Gasteiger partial charge in [0.05, 0.1) is 0 Å². The van der Waals surface area contributed by atoms with Crippen LogP contribution in [0.15, 0.2) is 30.5 Å². The Morgan fingerprint density at radius 2 is 2.19 bits per heavy atom. The zero-order valence-corrected chi connectivity index (χ0v) is 12.2. The highest BCUT2D eigenvalue weighted by Crippen LogP contribution is 2.29. The van der Waals surface area contributed by atoms with Crippen LogP contribution in [-0.2, 0) is 0 Å². The van der Waals surface area contributed by atoms with Gasteiger partial charge in [0.2, 0.25) is 0 Å². The molecule has 21 heavy (non-hydrogen) atoms. The number of rotatable bonds is 5. The Bertz CT molecular complexity index is 645. The van der Waals surface area contributed by atoms with E-state index in [4.69, 9.17) is 5.73 Å². The lowest BCUT2D eigenvalue weighted by Crippen LogP contribution is -2.29. The van der Waals surface area contributed by atoms with E-state index in [1.807, 2.05) is 6.20 Å². The molecule has 1 aromatic carbocycles. The molecule has 2 heterocycles. The number of nitrogens with zero attached hydrogens (tertiary/aromatic N) is 1. The molecule has 112 valence electrons. The highest BCUT2D eigenvalue weighted by atomic mass is 19.1. The maximum Gasteiger partial charge on any atom is 0.123 e. The molecule has 3 N–H and O–H groups in total. The van der Waals surface area contributed by atoms with E-state index in [9.17, 15) is 4.39 Å². The van der Waals surface area contributed by atoms with Crippen molar-refractivity contribution >= 4 is 16.5 Å². The molecule has 0 fully saturated rings. The van der Waals surface area contributed by atoms with Crippen LogP contribution >= 0.6 is 0 Å². The fourth-order valence-corrected chi connectivity index (χ4v) is 3.00. The quantitative estimate of drug-likeness (QED) is 0.830. The molecule has 0 aliphatic carbocycles. The molecule has 0 unspecified atom stereocenters. The van der Waals surface area contributed by atoms with Crippen LogP contribution < -0.4 is 5.73 Å². The summed E-state index contributed by atoms with van der Waals surface area (Å²) >= 11 is 0. The number of unbranched alkanes of at least 4 members (excludes halogenated alkanes) is 1. The van der Waals surface area contributed by atoms with Gasteiger partial charge in [-0.3, -0.25) is 4.90 Å². The molecule has 0 atom stereocenters. The number of nitrogens with two attached hydrogens (primary N) is 1. The molecular weight excluding hydrogens is 265 g/mol. The second kappa shape index (κ2) is 6.41. The molecule has 0 spiro atoms. The van der Waals surface area contributed by atoms with Gasteiger partial charge in [0, 0.05) is 35.8 Å². The van der Waals surface area contributed by atoms with E-state index in [0.717, 1.165) is 61.9 Å². The molecule has 0 radical (unpaired) electrons. The van der Waals surface area contributed by atoms with E-state index in [1.165, 1.54) is 11.6 Å². The molecule has 0 saturated heterocycles. The van der Waals surface area contributed by atoms with Crippen LogP contribution in [0.5, 0.6) is 0 Å². The third kappa shape index (κ3) is 3.17. The Morgan fingerprint density at radius 1 is 1.29 bits per heavy atom. The van der Waals surface area contributed by atoms with Gasteiger partial charge in [-0.2, -0.15) is 0 Å². The van der Waals surface area contributed by atoms with Crippen LogP contribution in [0, 0.1) is 5.82 Å². The highest BCUT2D eigenvalue weighted by Gasteiger charge is 2.15. The van der Waals surface area contributed by atoms with Crippen molar-refractivity contribution in [3.8, 4) is 0 Å². The summed E-state index contributed by atoms with van der Waals surface area (Å²) in [6.07, 6.45) is 7.55. The van der Waals surface area contributed by atoms with E-state index in [0.29, 0.717) is 0 Å². The Morgan fingerprint density at radius 3 is 2.95 bits per heavy atom. The van der Waals surface area contributed by atoms with E-state index < -0.39 is 0 Å². The lowest BCUT2D eigenvalue weighted by Gasteiger charge is -2.26. The van der Waals surface area contributed by atoms with Crippen molar-refractivity contribution in [1.29, 1.82) is 0 Å². The second-order valence-corrected chi connectivity index (χ2v) is 5.67. The standard InChI is InChI=1S/C17H22FN3/c18-14-3-4-17-15(11-14)16(12-20-17)13-5-9-21(10-6-13)8-2-1-7-19/h3-5,11-12,20H,1-2,6-10,19H2. The van der Waals surface area contributed by atoms with Crippen LogP contribution in [-0.4, -0.2) is 36.1 Å². The van der Waals surface area contributed by atoms with Gasteiger partial charge in [0.1, 0.15) is 5.82 Å². The van der Waals surface area contributed by atoms with Crippen molar-refractivity contribution in [3.63, 3.8) is 0 Å². The summed E-state index contributed by atoms with van der Waals surface area (Å²) in [4.78, 5) is 5.68. The number of aromatic nitrogens is 1. The zero-order valence-electron chi connectivity index (χ0n) is 12.2. The predicted octanol–water partition coefficient (Wildman–Crippen LogP) is 3.14. The Balaban J connectivity index is 1.73. The predicted molar refractivity (Wildman–Crippen MR) is 85.6 cm³/mol. The Hall–Kier alpha value is -1.65. The number of hydrogen-bond donors (Lipinski definition) is 2. The highest BCUT2D eigenvalue weighted by molar-refractivity contribution is 5.92. The first-order chi connectivity index (χ1) is 10.3. The molecule has 3 rings (SSSR count). The number of benzene rings is 1. The molecular formula is C17H22FN3. The van der Waals surface area contributed by atoms with Crippen molar-refractivity contribution in [3.05, 3.63) is 41.9 Å². The SMILES string of the molecule is NCCCCN1CC=C(c2c[nH]c3ccc(F)cc23)CC1. The molecule has 4 heteroatoms. The smallest absolute Gasteiger partial charge is 0.123 e. The summed E-state index contributed by atoms with van der Waals surface area (Å²) in [6, 6.07) is 4.92. The van der Waals surface area contributed by atoms with Crippen LogP contribution in [0.25, 0.3) is 16.5 Å². The Labute approximate surface area is 124 Å². The lowest BCUT2D eigenvalue weighted by molar-refractivity contribution is 0.296. The minimum atomic E-state index is -0.178. The third-order valence-corrected chi connectivity index (χ3v) is 4.21. The minimum Gasteiger partial charge on any atom is -0.361 e. The van der Waals surface area contributed by atoms with E-state index in [-0.39, 0.29) is 5.82 Å². The fraction of sp³-hybridized carbons (Fsp3) is 0.412. The van der Waals surface area contributed by atoms with Crippen LogP contribution in [0.2, 0.25) is 0 Å². The van der Waals surface area contributed by atoms with Crippen molar-refractivity contribution in [2.75, 3.05) is 26.2 Å². The summed E-state index contributed by atoms with van der Waals surface area (Å²) < 4.78 is 13.4. The number of halogens is 1. The number of hydrogen-bond acceptors (Lipinski definition) is 2. The van der Waals surface area contributed by atoms with Gasteiger partial charge in [-0.25, -0.2) is 4.39 Å². The summed E-state index contributed by atoms with van der Waals surface area (Å²) in [5.74, 6) is -0.178. The largest absolute Gasteiger partial charge is 0.361 e. The second-order valence-electron chi connectivity index (χ2n) is 5.67. The number of aromatic amines is 1. The first-order valence-electron chi connectivity index (χ1n) is 7.66. The summed E-state index contributed by atoms with van der Waals surface area (Å²) in [7, 11) is 0. The molecule has 2 aromatic rings. The summed E-state index contributed by atoms with van der Waals surface area (Å²) in [5.41, 5.74) is 8.99. The number of H-pyrrole nitrogens is 1. The van der Waals surface area contributed by atoms with Gasteiger partial charge in [-0.1, -0.05) is 6.08 Å². The first kappa shape index (κ1) is 14.3. The minimum absolute atomic E-state index is 0.178. The lowest BCUT2D eigenvalue weighted by atomic mass is 9.99. The first-order valence-corrected chi connectivity index (χ1v) is 7.66. The van der Waals surface area contributed by atoms with Gasteiger partial charge >= 0.3 is 0 Å². The molecule has 3 nitrogen and oxygen atoms in total. The van der Waals surface area contributed by atoms with Crippen LogP contribution in [0.4, 0.5) is 4.39 Å². The third-order valence-electron chi connectivity index (χ3n) is 4.21. The van der Waals surface area contributed by atoms with E-state index >= 15 is 0 Å². The average Bonchev–Trinajstić information content (AvgIpc) is 2.91.